The van der Waals surface area contributed by atoms with Crippen LogP contribution in [0.4, 0.5) is 0 Å². The van der Waals surface area contributed by atoms with Gasteiger partial charge < -0.3 is 9.73 Å². The molecule has 1 aliphatic rings. The van der Waals surface area contributed by atoms with E-state index in [1.807, 2.05) is 30.3 Å². The van der Waals surface area contributed by atoms with E-state index in [0.29, 0.717) is 11.9 Å². The SMILES string of the molecule is CCN(Cc1coc(-c2ccccc2)n1)C1CCNCC1. The van der Waals surface area contributed by atoms with Crippen LogP contribution in [-0.2, 0) is 6.54 Å². The Morgan fingerprint density at radius 1 is 1.24 bits per heavy atom. The second-order valence-corrected chi connectivity index (χ2v) is 5.55. The highest BCUT2D eigenvalue weighted by Gasteiger charge is 2.20. The summed E-state index contributed by atoms with van der Waals surface area (Å²) < 4.78 is 5.63. The zero-order valence-corrected chi connectivity index (χ0v) is 12.6. The number of oxazole rings is 1. The topological polar surface area (TPSA) is 41.3 Å². The molecule has 1 aliphatic heterocycles. The minimum Gasteiger partial charge on any atom is -0.444 e. The molecule has 2 heterocycles. The van der Waals surface area contributed by atoms with Gasteiger partial charge >= 0.3 is 0 Å². The van der Waals surface area contributed by atoms with E-state index in [4.69, 9.17) is 4.42 Å². The third-order valence-electron chi connectivity index (χ3n) is 4.17. The van der Waals surface area contributed by atoms with Gasteiger partial charge in [0.1, 0.15) is 6.26 Å². The Morgan fingerprint density at radius 2 is 2.00 bits per heavy atom. The molecule has 0 amide bonds. The lowest BCUT2D eigenvalue weighted by Gasteiger charge is -2.33. The Bertz CT molecular complexity index is 546. The van der Waals surface area contributed by atoms with E-state index in [1.165, 1.54) is 12.8 Å². The van der Waals surface area contributed by atoms with E-state index in [2.05, 4.69) is 22.1 Å². The zero-order valence-electron chi connectivity index (χ0n) is 12.6. The van der Waals surface area contributed by atoms with Crippen molar-refractivity contribution in [1.29, 1.82) is 0 Å². The van der Waals surface area contributed by atoms with E-state index >= 15 is 0 Å². The van der Waals surface area contributed by atoms with Crippen LogP contribution >= 0.6 is 0 Å². The van der Waals surface area contributed by atoms with Crippen molar-refractivity contribution in [2.75, 3.05) is 19.6 Å². The number of nitrogens with one attached hydrogen (secondary N) is 1. The van der Waals surface area contributed by atoms with Gasteiger partial charge in [-0.3, -0.25) is 4.90 Å². The van der Waals surface area contributed by atoms with Crippen LogP contribution in [-0.4, -0.2) is 35.6 Å². The van der Waals surface area contributed by atoms with Gasteiger partial charge in [-0.1, -0.05) is 25.1 Å². The highest BCUT2D eigenvalue weighted by Crippen LogP contribution is 2.20. The van der Waals surface area contributed by atoms with Crippen molar-refractivity contribution in [3.8, 4) is 11.5 Å². The van der Waals surface area contributed by atoms with Crippen LogP contribution in [0.1, 0.15) is 25.5 Å². The van der Waals surface area contributed by atoms with Gasteiger partial charge in [-0.2, -0.15) is 0 Å². The van der Waals surface area contributed by atoms with Crippen LogP contribution in [0.2, 0.25) is 0 Å². The van der Waals surface area contributed by atoms with Crippen molar-refractivity contribution in [3.63, 3.8) is 0 Å². The lowest BCUT2D eigenvalue weighted by molar-refractivity contribution is 0.160. The van der Waals surface area contributed by atoms with Gasteiger partial charge in [0.25, 0.3) is 0 Å². The molecule has 0 atom stereocenters. The quantitative estimate of drug-likeness (QED) is 0.917. The third kappa shape index (κ3) is 3.52. The van der Waals surface area contributed by atoms with Gasteiger partial charge in [0.05, 0.1) is 5.69 Å². The molecule has 0 saturated carbocycles. The number of rotatable bonds is 5. The van der Waals surface area contributed by atoms with Crippen LogP contribution in [0.3, 0.4) is 0 Å². The van der Waals surface area contributed by atoms with Gasteiger partial charge in [-0.25, -0.2) is 4.98 Å². The Balaban J connectivity index is 1.68. The number of benzene rings is 1. The molecule has 4 nitrogen and oxygen atoms in total. The number of hydrogen-bond donors (Lipinski definition) is 1. The summed E-state index contributed by atoms with van der Waals surface area (Å²) in [5.41, 5.74) is 2.06. The molecule has 0 radical (unpaired) electrons. The number of nitrogens with zero attached hydrogens (tertiary/aromatic N) is 2. The molecule has 4 heteroatoms. The summed E-state index contributed by atoms with van der Waals surface area (Å²) in [6, 6.07) is 10.7. The van der Waals surface area contributed by atoms with E-state index in [9.17, 15) is 0 Å². The summed E-state index contributed by atoms with van der Waals surface area (Å²) in [5.74, 6) is 0.715. The summed E-state index contributed by atoms with van der Waals surface area (Å²) in [4.78, 5) is 7.15. The van der Waals surface area contributed by atoms with Crippen molar-refractivity contribution in [2.24, 2.45) is 0 Å². The molecule has 2 aromatic rings. The predicted molar refractivity (Wildman–Crippen MR) is 83.9 cm³/mol. The second-order valence-electron chi connectivity index (χ2n) is 5.55. The van der Waals surface area contributed by atoms with Crippen LogP contribution in [0.25, 0.3) is 11.5 Å². The highest BCUT2D eigenvalue weighted by molar-refractivity contribution is 5.52. The second kappa shape index (κ2) is 6.87. The Hall–Kier alpha value is -1.65. The number of piperidine rings is 1. The standard InChI is InChI=1S/C17H23N3O/c1-2-20(16-8-10-18-11-9-16)12-15-13-21-17(19-15)14-6-4-3-5-7-14/h3-7,13,16,18H,2,8-12H2,1H3. The minimum atomic E-state index is 0.660. The Labute approximate surface area is 126 Å². The van der Waals surface area contributed by atoms with E-state index in [1.54, 1.807) is 6.26 Å². The fourth-order valence-electron chi connectivity index (χ4n) is 2.97. The van der Waals surface area contributed by atoms with Crippen molar-refractivity contribution in [3.05, 3.63) is 42.3 Å². The summed E-state index contributed by atoms with van der Waals surface area (Å²) in [6.07, 6.45) is 4.24. The summed E-state index contributed by atoms with van der Waals surface area (Å²) in [6.45, 7) is 6.39. The van der Waals surface area contributed by atoms with Crippen LogP contribution in [0.15, 0.2) is 41.0 Å². The Morgan fingerprint density at radius 3 is 2.71 bits per heavy atom. The third-order valence-corrected chi connectivity index (χ3v) is 4.17. The maximum absolute atomic E-state index is 5.63. The average molecular weight is 285 g/mol. The van der Waals surface area contributed by atoms with Crippen LogP contribution < -0.4 is 5.32 Å². The molecule has 0 spiro atoms. The zero-order chi connectivity index (χ0) is 14.5. The van der Waals surface area contributed by atoms with Crippen molar-refractivity contribution >= 4 is 0 Å². The molecular weight excluding hydrogens is 262 g/mol. The fourth-order valence-corrected chi connectivity index (χ4v) is 2.97. The van der Waals surface area contributed by atoms with Crippen molar-refractivity contribution in [1.82, 2.24) is 15.2 Å². The Kier molecular flexibility index (Phi) is 4.68. The van der Waals surface area contributed by atoms with Gasteiger partial charge in [0.2, 0.25) is 5.89 Å². The van der Waals surface area contributed by atoms with E-state index in [-0.39, 0.29) is 0 Å². The first kappa shape index (κ1) is 14.3. The highest BCUT2D eigenvalue weighted by atomic mass is 16.3. The van der Waals surface area contributed by atoms with E-state index < -0.39 is 0 Å². The first-order valence-corrected chi connectivity index (χ1v) is 7.81. The lowest BCUT2D eigenvalue weighted by atomic mass is 10.0. The summed E-state index contributed by atoms with van der Waals surface area (Å²) in [5, 5.41) is 3.42. The molecule has 21 heavy (non-hydrogen) atoms. The molecular formula is C17H23N3O. The monoisotopic (exact) mass is 285 g/mol. The summed E-state index contributed by atoms with van der Waals surface area (Å²) in [7, 11) is 0. The molecule has 3 rings (SSSR count). The van der Waals surface area contributed by atoms with E-state index in [0.717, 1.165) is 37.4 Å². The molecule has 0 aliphatic carbocycles. The lowest BCUT2D eigenvalue weighted by Crippen LogP contribution is -2.42. The minimum absolute atomic E-state index is 0.660. The van der Waals surface area contributed by atoms with Crippen LogP contribution in [0.5, 0.6) is 0 Å². The molecule has 1 aromatic heterocycles. The largest absolute Gasteiger partial charge is 0.444 e. The number of aromatic nitrogens is 1. The molecule has 1 saturated heterocycles. The fraction of sp³-hybridized carbons (Fsp3) is 0.471. The first-order valence-electron chi connectivity index (χ1n) is 7.81. The molecule has 1 aromatic carbocycles. The number of hydrogen-bond acceptors (Lipinski definition) is 4. The van der Waals surface area contributed by atoms with Gasteiger partial charge in [0.15, 0.2) is 0 Å². The molecule has 1 N–H and O–H groups in total. The van der Waals surface area contributed by atoms with Gasteiger partial charge in [-0.15, -0.1) is 0 Å². The molecule has 1 fully saturated rings. The summed E-state index contributed by atoms with van der Waals surface area (Å²) >= 11 is 0. The first-order chi connectivity index (χ1) is 10.4. The van der Waals surface area contributed by atoms with Crippen molar-refractivity contribution in [2.45, 2.75) is 32.4 Å². The average Bonchev–Trinajstić information content (AvgIpc) is 3.03. The van der Waals surface area contributed by atoms with Crippen molar-refractivity contribution < 1.29 is 4.42 Å². The maximum atomic E-state index is 5.63. The van der Waals surface area contributed by atoms with Crippen LogP contribution in [0, 0.1) is 0 Å². The molecule has 0 unspecified atom stereocenters. The normalized spacial score (nSPS) is 16.5. The molecule has 112 valence electrons. The van der Waals surface area contributed by atoms with Gasteiger partial charge in [-0.05, 0) is 44.6 Å². The van der Waals surface area contributed by atoms with Gasteiger partial charge in [0, 0.05) is 18.2 Å². The predicted octanol–water partition coefficient (Wildman–Crippen LogP) is 2.92. The maximum Gasteiger partial charge on any atom is 0.226 e. The smallest absolute Gasteiger partial charge is 0.226 e. The molecule has 0 bridgehead atoms.